The highest BCUT2D eigenvalue weighted by molar-refractivity contribution is 5.37. The summed E-state index contributed by atoms with van der Waals surface area (Å²) in [5.74, 6) is 0. The Kier molecular flexibility index (Phi) is 2.48. The van der Waals surface area contributed by atoms with Gasteiger partial charge >= 0.3 is 0 Å². The molecule has 0 aromatic heterocycles. The van der Waals surface area contributed by atoms with E-state index in [2.05, 4.69) is 38.6 Å². The first kappa shape index (κ1) is 8.06. The minimum Gasteiger partial charge on any atom is -0.0905 e. The van der Waals surface area contributed by atoms with Crippen molar-refractivity contribution in [3.8, 4) is 0 Å². The minimum atomic E-state index is 1.08. The van der Waals surface area contributed by atoms with E-state index in [1.54, 1.807) is 0 Å². The molecule has 0 amide bonds. The lowest BCUT2D eigenvalue weighted by Crippen LogP contribution is -1.89. The van der Waals surface area contributed by atoms with Gasteiger partial charge in [-0.3, -0.25) is 0 Å². The molecule has 0 spiro atoms. The number of aryl methyl sites for hydroxylation is 1. The third-order valence-electron chi connectivity index (χ3n) is 2.02. The van der Waals surface area contributed by atoms with Gasteiger partial charge in [0.05, 0.1) is 0 Å². The summed E-state index contributed by atoms with van der Waals surface area (Å²) in [6.07, 6.45) is 4.00. The van der Waals surface area contributed by atoms with E-state index in [0.717, 1.165) is 12.0 Å². The van der Waals surface area contributed by atoms with Crippen LogP contribution in [0.3, 0.4) is 0 Å². The van der Waals surface area contributed by atoms with E-state index >= 15 is 0 Å². The molecule has 0 aliphatic heterocycles. The maximum Gasteiger partial charge on any atom is -0.0152 e. The second-order valence-electron chi connectivity index (χ2n) is 2.62. The van der Waals surface area contributed by atoms with E-state index in [4.69, 9.17) is 0 Å². The number of rotatable bonds is 2. The molecule has 0 unspecified atom stereocenters. The Hall–Kier alpha value is -1.04. The minimum absolute atomic E-state index is 1.08. The molecule has 0 atom stereocenters. The first-order valence-corrected chi connectivity index (χ1v) is 3.91. The Morgan fingerprint density at radius 3 is 2.73 bits per heavy atom. The fourth-order valence-corrected chi connectivity index (χ4v) is 1.26. The smallest absolute Gasteiger partial charge is 0.0152 e. The average molecular weight is 145 g/mol. The molecule has 0 bridgehead atoms. The lowest BCUT2D eigenvalue weighted by molar-refractivity contribution is 1.10. The van der Waals surface area contributed by atoms with Crippen LogP contribution in [0.25, 0.3) is 0 Å². The molecule has 57 valence electrons. The average Bonchev–Trinajstić information content (AvgIpc) is 2.05. The molecule has 1 aromatic rings. The third kappa shape index (κ3) is 1.51. The van der Waals surface area contributed by atoms with Crippen molar-refractivity contribution in [2.45, 2.75) is 20.3 Å². The highest BCUT2D eigenvalue weighted by Gasteiger charge is 1.97. The summed E-state index contributed by atoms with van der Waals surface area (Å²) < 4.78 is 0. The summed E-state index contributed by atoms with van der Waals surface area (Å²) >= 11 is 0. The van der Waals surface area contributed by atoms with Gasteiger partial charge in [0.15, 0.2) is 0 Å². The topological polar surface area (TPSA) is 0 Å². The van der Waals surface area contributed by atoms with Gasteiger partial charge in [0.2, 0.25) is 0 Å². The molecule has 11 heavy (non-hydrogen) atoms. The van der Waals surface area contributed by atoms with Crippen molar-refractivity contribution >= 4 is 0 Å². The van der Waals surface area contributed by atoms with Crippen LogP contribution in [-0.2, 0) is 6.42 Å². The van der Waals surface area contributed by atoms with Crippen LogP contribution in [0.2, 0.25) is 0 Å². The van der Waals surface area contributed by atoms with Gasteiger partial charge in [0.25, 0.3) is 0 Å². The quantitative estimate of drug-likeness (QED) is 0.600. The summed E-state index contributed by atoms with van der Waals surface area (Å²) in [5, 5.41) is 0. The molecular formula is C11H13. The molecule has 0 heteroatoms. The monoisotopic (exact) mass is 145 g/mol. The van der Waals surface area contributed by atoms with Crippen LogP contribution < -0.4 is 0 Å². The van der Waals surface area contributed by atoms with Gasteiger partial charge in [-0.25, -0.2) is 0 Å². The van der Waals surface area contributed by atoms with Crippen molar-refractivity contribution < 1.29 is 0 Å². The third-order valence-corrected chi connectivity index (χ3v) is 2.02. The van der Waals surface area contributed by atoms with Gasteiger partial charge in [-0.2, -0.15) is 0 Å². The van der Waals surface area contributed by atoms with Crippen LogP contribution in [0.15, 0.2) is 24.8 Å². The van der Waals surface area contributed by atoms with Crippen LogP contribution in [-0.4, -0.2) is 0 Å². The standard InChI is InChI=1S/C11H13/c1-4-10-7-6-8-11(5-2)9(10)3/h6-8H,1,5H2,2-3H3. The van der Waals surface area contributed by atoms with Crippen molar-refractivity contribution in [1.29, 1.82) is 0 Å². The summed E-state index contributed by atoms with van der Waals surface area (Å²) in [7, 11) is 0. The van der Waals surface area contributed by atoms with Crippen LogP contribution >= 0.6 is 0 Å². The summed E-state index contributed by atoms with van der Waals surface area (Å²) in [4.78, 5) is 0. The van der Waals surface area contributed by atoms with Crippen LogP contribution in [0.4, 0.5) is 0 Å². The van der Waals surface area contributed by atoms with Gasteiger partial charge < -0.3 is 0 Å². The first-order chi connectivity index (χ1) is 5.29. The Balaban J connectivity index is 3.20. The molecule has 0 aliphatic carbocycles. The molecule has 0 saturated carbocycles. The molecule has 0 fully saturated rings. The largest absolute Gasteiger partial charge is 0.0905 e. The maximum atomic E-state index is 3.64. The molecule has 1 radical (unpaired) electrons. The zero-order chi connectivity index (χ0) is 8.27. The van der Waals surface area contributed by atoms with Crippen LogP contribution in [0, 0.1) is 13.0 Å². The van der Waals surface area contributed by atoms with Crippen molar-refractivity contribution in [3.63, 3.8) is 0 Å². The Morgan fingerprint density at radius 2 is 2.18 bits per heavy atom. The van der Waals surface area contributed by atoms with E-state index < -0.39 is 0 Å². The van der Waals surface area contributed by atoms with E-state index in [-0.39, 0.29) is 0 Å². The molecule has 1 aromatic carbocycles. The molecule has 0 aliphatic rings. The molecule has 0 nitrogen and oxygen atoms in total. The fourth-order valence-electron chi connectivity index (χ4n) is 1.26. The Labute approximate surface area is 68.6 Å². The zero-order valence-electron chi connectivity index (χ0n) is 7.15. The van der Waals surface area contributed by atoms with E-state index in [0.29, 0.717) is 0 Å². The van der Waals surface area contributed by atoms with Crippen molar-refractivity contribution in [2.75, 3.05) is 0 Å². The van der Waals surface area contributed by atoms with Crippen molar-refractivity contribution in [1.82, 2.24) is 0 Å². The maximum absolute atomic E-state index is 3.64. The van der Waals surface area contributed by atoms with Crippen molar-refractivity contribution in [3.05, 3.63) is 47.5 Å². The van der Waals surface area contributed by atoms with Crippen LogP contribution in [0.5, 0.6) is 0 Å². The lowest BCUT2D eigenvalue weighted by atomic mass is 10.0. The Morgan fingerprint density at radius 1 is 1.45 bits per heavy atom. The molecule has 1 rings (SSSR count). The van der Waals surface area contributed by atoms with Gasteiger partial charge in [0, 0.05) is 0 Å². The van der Waals surface area contributed by atoms with E-state index in [9.17, 15) is 0 Å². The predicted octanol–water partition coefficient (Wildman–Crippen LogP) is 2.89. The van der Waals surface area contributed by atoms with Gasteiger partial charge in [0.1, 0.15) is 0 Å². The number of hydrogen-bond acceptors (Lipinski definition) is 0. The highest BCUT2D eigenvalue weighted by atomic mass is 14.0. The summed E-state index contributed by atoms with van der Waals surface area (Å²) in [6.45, 7) is 7.92. The summed E-state index contributed by atoms with van der Waals surface area (Å²) in [5.41, 5.74) is 3.83. The second-order valence-corrected chi connectivity index (χ2v) is 2.62. The van der Waals surface area contributed by atoms with Crippen molar-refractivity contribution in [2.24, 2.45) is 0 Å². The normalized spacial score (nSPS) is 9.64. The molecule has 0 N–H and O–H groups in total. The van der Waals surface area contributed by atoms with Crippen LogP contribution in [0.1, 0.15) is 23.6 Å². The number of hydrogen-bond donors (Lipinski definition) is 0. The molecular weight excluding hydrogens is 132 g/mol. The van der Waals surface area contributed by atoms with E-state index in [1.807, 2.05) is 6.07 Å². The first-order valence-electron chi connectivity index (χ1n) is 3.91. The highest BCUT2D eigenvalue weighted by Crippen LogP contribution is 2.13. The van der Waals surface area contributed by atoms with Gasteiger partial charge in [-0.15, -0.1) is 0 Å². The SMILES string of the molecule is C=[C]c1cccc(CC)c1C. The fraction of sp³-hybridized carbons (Fsp3) is 0.273. The second kappa shape index (κ2) is 3.38. The Bertz CT molecular complexity index is 259. The number of benzene rings is 1. The predicted molar refractivity (Wildman–Crippen MR) is 48.5 cm³/mol. The summed E-state index contributed by atoms with van der Waals surface area (Å²) in [6, 6.07) is 6.25. The lowest BCUT2D eigenvalue weighted by Gasteiger charge is -2.04. The zero-order valence-corrected chi connectivity index (χ0v) is 7.15. The molecule has 0 heterocycles. The van der Waals surface area contributed by atoms with E-state index in [1.165, 1.54) is 11.1 Å². The van der Waals surface area contributed by atoms with Gasteiger partial charge in [-0.1, -0.05) is 31.7 Å². The van der Waals surface area contributed by atoms with Gasteiger partial charge in [-0.05, 0) is 36.1 Å². The molecule has 0 saturated heterocycles.